The Hall–Kier alpha value is -0.770. The fourth-order valence-electron chi connectivity index (χ4n) is 0.371. The zero-order valence-electron chi connectivity index (χ0n) is 5.52. The Morgan fingerprint density at radius 2 is 2.44 bits per heavy atom. The predicted octanol–water partition coefficient (Wildman–Crippen LogP) is 0.386. The molecule has 0 atom stereocenters. The van der Waals surface area contributed by atoms with Gasteiger partial charge in [0.1, 0.15) is 0 Å². The summed E-state index contributed by atoms with van der Waals surface area (Å²) in [5, 5.41) is 0. The third-order valence-corrected chi connectivity index (χ3v) is 0.805. The Labute approximate surface area is 54.3 Å². The number of hydrogen-bond donors (Lipinski definition) is 2. The van der Waals surface area contributed by atoms with Gasteiger partial charge in [-0.1, -0.05) is 13.3 Å². The maximum Gasteiger partial charge on any atom is 0.423 e. The van der Waals surface area contributed by atoms with Crippen molar-refractivity contribution in [3.05, 3.63) is 0 Å². The van der Waals surface area contributed by atoms with Gasteiger partial charge in [-0.3, -0.25) is 0 Å². The van der Waals surface area contributed by atoms with E-state index in [9.17, 15) is 4.79 Å². The van der Waals surface area contributed by atoms with Gasteiger partial charge in [-0.05, 0) is 6.42 Å². The van der Waals surface area contributed by atoms with Gasteiger partial charge in [0.2, 0.25) is 0 Å². The van der Waals surface area contributed by atoms with Gasteiger partial charge in [-0.15, -0.1) is 0 Å². The summed E-state index contributed by atoms with van der Waals surface area (Å²) < 4.78 is 0. The number of nitrogens with one attached hydrogen (secondary N) is 1. The summed E-state index contributed by atoms with van der Waals surface area (Å²) >= 11 is 0. The number of unbranched alkanes of at least 4 members (excludes halogenated alkanes) is 1. The van der Waals surface area contributed by atoms with Crippen LogP contribution < -0.4 is 11.2 Å². The third kappa shape index (κ3) is 7.23. The molecule has 4 nitrogen and oxygen atoms in total. The van der Waals surface area contributed by atoms with Crippen LogP contribution in [0, 0.1) is 0 Å². The minimum atomic E-state index is -0.786. The summed E-state index contributed by atoms with van der Waals surface area (Å²) in [6.07, 6.45) is 1.26. The number of carbonyl (C=O) groups excluding carboxylic acids is 1. The predicted molar refractivity (Wildman–Crippen MR) is 33.6 cm³/mol. The Kier molecular flexibility index (Phi) is 4.91. The fraction of sp³-hybridized carbons (Fsp3) is 0.800. The number of hydroxylamine groups is 1. The smallest absolute Gasteiger partial charge is 0.354 e. The fourth-order valence-corrected chi connectivity index (χ4v) is 0.371. The van der Waals surface area contributed by atoms with Crippen LogP contribution in [0.3, 0.4) is 0 Å². The summed E-state index contributed by atoms with van der Waals surface area (Å²) in [6.45, 7) is 2.71. The Morgan fingerprint density at radius 1 is 1.78 bits per heavy atom. The minimum absolute atomic E-state index is 0.666. The molecule has 0 aliphatic rings. The van der Waals surface area contributed by atoms with Crippen LogP contribution in [0.25, 0.3) is 0 Å². The van der Waals surface area contributed by atoms with Gasteiger partial charge in [0, 0.05) is 6.54 Å². The van der Waals surface area contributed by atoms with Crippen molar-refractivity contribution in [3.8, 4) is 0 Å². The molecule has 0 aliphatic carbocycles. The van der Waals surface area contributed by atoms with Gasteiger partial charge in [-0.2, -0.15) is 5.48 Å². The maximum atomic E-state index is 9.90. The highest BCUT2D eigenvalue weighted by atomic mass is 16.7. The van der Waals surface area contributed by atoms with Crippen LogP contribution in [-0.2, 0) is 4.84 Å². The van der Waals surface area contributed by atoms with Crippen molar-refractivity contribution < 1.29 is 9.63 Å². The van der Waals surface area contributed by atoms with E-state index in [2.05, 4.69) is 16.1 Å². The molecule has 0 aromatic carbocycles. The summed E-state index contributed by atoms with van der Waals surface area (Å²) in [5.74, 6) is 0. The molecule has 0 heterocycles. The Morgan fingerprint density at radius 3 is 2.89 bits per heavy atom. The van der Waals surface area contributed by atoms with Gasteiger partial charge in [0.05, 0.1) is 0 Å². The SMILES string of the molecule is CCCCNOC(N)=O. The van der Waals surface area contributed by atoms with Gasteiger partial charge in [0.25, 0.3) is 0 Å². The van der Waals surface area contributed by atoms with Crippen LogP contribution in [0.15, 0.2) is 0 Å². The number of primary amides is 1. The lowest BCUT2D eigenvalue weighted by Gasteiger charge is -1.99. The number of carbonyl (C=O) groups is 1. The molecule has 0 bridgehead atoms. The first-order valence-corrected chi connectivity index (χ1v) is 2.96. The van der Waals surface area contributed by atoms with Gasteiger partial charge in [-0.25, -0.2) is 4.79 Å². The lowest BCUT2D eigenvalue weighted by atomic mass is 10.3. The molecular weight excluding hydrogens is 120 g/mol. The zero-order valence-corrected chi connectivity index (χ0v) is 5.52. The lowest BCUT2D eigenvalue weighted by Crippen LogP contribution is -2.24. The lowest BCUT2D eigenvalue weighted by molar-refractivity contribution is 0.0980. The van der Waals surface area contributed by atoms with E-state index in [0.29, 0.717) is 6.54 Å². The topological polar surface area (TPSA) is 64.3 Å². The summed E-state index contributed by atoms with van der Waals surface area (Å²) in [7, 11) is 0. The van der Waals surface area contributed by atoms with E-state index in [-0.39, 0.29) is 0 Å². The molecule has 0 rings (SSSR count). The average Bonchev–Trinajstić information content (AvgIpc) is 1.80. The molecule has 0 aliphatic heterocycles. The zero-order chi connectivity index (χ0) is 7.11. The summed E-state index contributed by atoms with van der Waals surface area (Å²) in [6, 6.07) is 0. The Balaban J connectivity index is 2.83. The molecule has 0 spiro atoms. The molecule has 0 radical (unpaired) electrons. The van der Waals surface area contributed by atoms with Crippen molar-refractivity contribution in [3.63, 3.8) is 0 Å². The molecule has 9 heavy (non-hydrogen) atoms. The molecule has 0 aromatic heterocycles. The molecule has 0 unspecified atom stereocenters. The molecule has 1 amide bonds. The van der Waals surface area contributed by atoms with Gasteiger partial charge < -0.3 is 10.6 Å². The number of rotatable bonds is 4. The van der Waals surface area contributed by atoms with Crippen LogP contribution in [-0.4, -0.2) is 12.6 Å². The molecule has 4 heteroatoms. The molecule has 0 saturated carbocycles. The highest BCUT2D eigenvalue weighted by Gasteiger charge is 1.89. The van der Waals surface area contributed by atoms with Crippen molar-refractivity contribution >= 4 is 6.09 Å². The highest BCUT2D eigenvalue weighted by Crippen LogP contribution is 1.81. The quantitative estimate of drug-likeness (QED) is 0.429. The maximum absolute atomic E-state index is 9.90. The summed E-state index contributed by atoms with van der Waals surface area (Å²) in [4.78, 5) is 14.1. The van der Waals surface area contributed by atoms with Gasteiger partial charge in [0.15, 0.2) is 0 Å². The van der Waals surface area contributed by atoms with Crippen molar-refractivity contribution in [2.24, 2.45) is 5.73 Å². The first-order chi connectivity index (χ1) is 4.27. The second-order valence-electron chi connectivity index (χ2n) is 1.67. The second kappa shape index (κ2) is 5.37. The monoisotopic (exact) mass is 132 g/mol. The van der Waals surface area contributed by atoms with E-state index in [1.807, 2.05) is 6.92 Å². The average molecular weight is 132 g/mol. The van der Waals surface area contributed by atoms with E-state index in [1.165, 1.54) is 0 Å². The van der Waals surface area contributed by atoms with Crippen LogP contribution in [0.4, 0.5) is 4.79 Å². The molecule has 3 N–H and O–H groups in total. The van der Waals surface area contributed by atoms with E-state index in [1.54, 1.807) is 0 Å². The van der Waals surface area contributed by atoms with E-state index < -0.39 is 6.09 Å². The standard InChI is InChI=1S/C5H12N2O2/c1-2-3-4-7-9-5(6)8/h7H,2-4H2,1H3,(H2,6,8). The van der Waals surface area contributed by atoms with E-state index in [0.717, 1.165) is 12.8 Å². The normalized spacial score (nSPS) is 9.00. The van der Waals surface area contributed by atoms with Crippen LogP contribution in [0.5, 0.6) is 0 Å². The minimum Gasteiger partial charge on any atom is -0.354 e. The molecule has 54 valence electrons. The van der Waals surface area contributed by atoms with Crippen LogP contribution >= 0.6 is 0 Å². The molecule has 0 aromatic rings. The van der Waals surface area contributed by atoms with Crippen LogP contribution in [0.2, 0.25) is 0 Å². The number of nitrogens with two attached hydrogens (primary N) is 1. The van der Waals surface area contributed by atoms with Crippen molar-refractivity contribution in [2.45, 2.75) is 19.8 Å². The number of hydrogen-bond acceptors (Lipinski definition) is 3. The van der Waals surface area contributed by atoms with Gasteiger partial charge >= 0.3 is 6.09 Å². The molecular formula is C5H12N2O2. The summed E-state index contributed by atoms with van der Waals surface area (Å²) in [5.41, 5.74) is 7.06. The van der Waals surface area contributed by atoms with Crippen molar-refractivity contribution in [2.75, 3.05) is 6.54 Å². The largest absolute Gasteiger partial charge is 0.423 e. The van der Waals surface area contributed by atoms with Crippen molar-refractivity contribution in [1.29, 1.82) is 0 Å². The molecule has 0 saturated heterocycles. The van der Waals surface area contributed by atoms with Crippen molar-refractivity contribution in [1.82, 2.24) is 5.48 Å². The first kappa shape index (κ1) is 8.23. The van der Waals surface area contributed by atoms with E-state index >= 15 is 0 Å². The number of amides is 1. The molecule has 0 fully saturated rings. The second-order valence-corrected chi connectivity index (χ2v) is 1.67. The van der Waals surface area contributed by atoms with E-state index in [4.69, 9.17) is 0 Å². The van der Waals surface area contributed by atoms with Crippen LogP contribution in [0.1, 0.15) is 19.8 Å². The Bertz CT molecular complexity index is 85.0. The third-order valence-electron chi connectivity index (χ3n) is 0.805. The first-order valence-electron chi connectivity index (χ1n) is 2.96. The highest BCUT2D eigenvalue weighted by molar-refractivity contribution is 5.64.